The number of nitrogens with one attached hydrogen (secondary N) is 2. The van der Waals surface area contributed by atoms with Crippen molar-refractivity contribution in [3.63, 3.8) is 0 Å². The topological polar surface area (TPSA) is 93.7 Å². The fourth-order valence-corrected chi connectivity index (χ4v) is 2.82. The van der Waals surface area contributed by atoms with Crippen LogP contribution in [-0.4, -0.2) is 43.6 Å². The number of ether oxygens (including phenoxy) is 2. The van der Waals surface area contributed by atoms with E-state index in [1.165, 1.54) is 11.3 Å². The van der Waals surface area contributed by atoms with Crippen molar-refractivity contribution in [2.75, 3.05) is 25.1 Å². The maximum Gasteiger partial charge on any atom is 0.328 e. The highest BCUT2D eigenvalue weighted by Crippen LogP contribution is 2.21. The van der Waals surface area contributed by atoms with Crippen molar-refractivity contribution >= 4 is 34.2 Å². The molecule has 1 aromatic heterocycles. The fraction of sp³-hybridized carbons (Fsp3) is 0.562. The van der Waals surface area contributed by atoms with Gasteiger partial charge in [0.2, 0.25) is 0 Å². The van der Waals surface area contributed by atoms with Crippen LogP contribution in [-0.2, 0) is 19.1 Å². The Morgan fingerprint density at radius 1 is 1.12 bits per heavy atom. The van der Waals surface area contributed by atoms with Gasteiger partial charge in [-0.05, 0) is 39.3 Å². The number of thiophene rings is 1. The van der Waals surface area contributed by atoms with Crippen LogP contribution in [0, 0.1) is 0 Å². The fourth-order valence-electron chi connectivity index (χ4n) is 1.95. The number of rotatable bonds is 10. The molecule has 1 unspecified atom stereocenters. The van der Waals surface area contributed by atoms with Gasteiger partial charge < -0.3 is 20.1 Å². The quantitative estimate of drug-likeness (QED) is 0.624. The first-order valence-corrected chi connectivity index (χ1v) is 8.80. The van der Waals surface area contributed by atoms with Crippen LogP contribution < -0.4 is 10.6 Å². The Bertz CT molecular complexity index is 558. The van der Waals surface area contributed by atoms with E-state index in [1.54, 1.807) is 26.0 Å². The van der Waals surface area contributed by atoms with Crippen molar-refractivity contribution in [1.29, 1.82) is 0 Å². The van der Waals surface area contributed by atoms with Gasteiger partial charge in [-0.15, -0.1) is 11.3 Å². The summed E-state index contributed by atoms with van der Waals surface area (Å²) in [6.07, 6.45) is 0.166. The summed E-state index contributed by atoms with van der Waals surface area (Å²) in [4.78, 5) is 36.2. The zero-order valence-corrected chi connectivity index (χ0v) is 15.0. The van der Waals surface area contributed by atoms with Gasteiger partial charge in [0, 0.05) is 13.0 Å². The molecule has 24 heavy (non-hydrogen) atoms. The SMILES string of the molecule is CCNc1ccc(C(=O)NC(CCC(=O)OCC)C(=O)OCC)s1. The van der Waals surface area contributed by atoms with E-state index in [9.17, 15) is 14.4 Å². The van der Waals surface area contributed by atoms with Gasteiger partial charge in [0.1, 0.15) is 6.04 Å². The zero-order chi connectivity index (χ0) is 17.9. The Hall–Kier alpha value is -2.09. The molecule has 0 saturated carbocycles. The minimum absolute atomic E-state index is 0.0324. The van der Waals surface area contributed by atoms with E-state index in [-0.39, 0.29) is 32.0 Å². The molecule has 0 aromatic carbocycles. The Kier molecular flexibility index (Phi) is 8.85. The number of anilines is 1. The summed E-state index contributed by atoms with van der Waals surface area (Å²) in [7, 11) is 0. The normalized spacial score (nSPS) is 11.5. The van der Waals surface area contributed by atoms with Crippen LogP contribution in [0.25, 0.3) is 0 Å². The van der Waals surface area contributed by atoms with Crippen LogP contribution in [0.3, 0.4) is 0 Å². The molecule has 0 aliphatic heterocycles. The smallest absolute Gasteiger partial charge is 0.328 e. The summed E-state index contributed by atoms with van der Waals surface area (Å²) in [5.41, 5.74) is 0. The number of hydrogen-bond donors (Lipinski definition) is 2. The molecule has 1 heterocycles. The molecular formula is C16H24N2O5S. The van der Waals surface area contributed by atoms with Crippen molar-refractivity contribution in [1.82, 2.24) is 5.32 Å². The Morgan fingerprint density at radius 3 is 2.46 bits per heavy atom. The van der Waals surface area contributed by atoms with Crippen molar-refractivity contribution < 1.29 is 23.9 Å². The Balaban J connectivity index is 2.69. The highest BCUT2D eigenvalue weighted by molar-refractivity contribution is 7.17. The standard InChI is InChI=1S/C16H24N2O5S/c1-4-17-13-9-8-12(24-13)15(20)18-11(16(21)23-6-3)7-10-14(19)22-5-2/h8-9,11,17H,4-7,10H2,1-3H3,(H,18,20). The molecule has 0 radical (unpaired) electrons. The van der Waals surface area contributed by atoms with Gasteiger partial charge in [0.15, 0.2) is 0 Å². The summed E-state index contributed by atoms with van der Waals surface area (Å²) in [5, 5.41) is 6.63. The molecule has 2 N–H and O–H groups in total. The third kappa shape index (κ3) is 6.57. The molecule has 0 saturated heterocycles. The summed E-state index contributed by atoms with van der Waals surface area (Å²) in [6.45, 7) is 6.59. The zero-order valence-electron chi connectivity index (χ0n) is 14.2. The number of carbonyl (C=O) groups is 3. The number of esters is 2. The summed E-state index contributed by atoms with van der Waals surface area (Å²) < 4.78 is 9.80. The van der Waals surface area contributed by atoms with Crippen LogP contribution in [0.15, 0.2) is 12.1 Å². The molecular weight excluding hydrogens is 332 g/mol. The van der Waals surface area contributed by atoms with Crippen LogP contribution in [0.2, 0.25) is 0 Å². The first kappa shape index (κ1) is 20.0. The molecule has 0 aliphatic rings. The molecule has 0 bridgehead atoms. The van der Waals surface area contributed by atoms with Gasteiger partial charge >= 0.3 is 11.9 Å². The van der Waals surface area contributed by atoms with Gasteiger partial charge in [-0.2, -0.15) is 0 Å². The number of amides is 1. The summed E-state index contributed by atoms with van der Waals surface area (Å²) >= 11 is 1.30. The van der Waals surface area contributed by atoms with E-state index < -0.39 is 18.0 Å². The lowest BCUT2D eigenvalue weighted by Crippen LogP contribution is -2.42. The Labute approximate surface area is 145 Å². The van der Waals surface area contributed by atoms with Crippen LogP contribution in [0.5, 0.6) is 0 Å². The number of hydrogen-bond acceptors (Lipinski definition) is 7. The minimum atomic E-state index is -0.883. The summed E-state index contributed by atoms with van der Waals surface area (Å²) in [6, 6.07) is 2.61. The highest BCUT2D eigenvalue weighted by atomic mass is 32.1. The predicted octanol–water partition coefficient (Wildman–Crippen LogP) is 2.18. The van der Waals surface area contributed by atoms with Crippen LogP contribution in [0.1, 0.15) is 43.3 Å². The number of carbonyl (C=O) groups excluding carboxylic acids is 3. The highest BCUT2D eigenvalue weighted by Gasteiger charge is 2.24. The molecule has 1 rings (SSSR count). The van der Waals surface area contributed by atoms with Crippen LogP contribution in [0.4, 0.5) is 5.00 Å². The lowest BCUT2D eigenvalue weighted by atomic mass is 10.1. The molecule has 1 amide bonds. The van der Waals surface area contributed by atoms with Gasteiger partial charge in [-0.25, -0.2) is 4.79 Å². The minimum Gasteiger partial charge on any atom is -0.466 e. The maximum atomic E-state index is 12.3. The van der Waals surface area contributed by atoms with E-state index >= 15 is 0 Å². The molecule has 134 valence electrons. The average Bonchev–Trinajstić information content (AvgIpc) is 3.01. The van der Waals surface area contributed by atoms with E-state index in [1.807, 2.05) is 6.92 Å². The second-order valence-corrected chi connectivity index (χ2v) is 5.90. The van der Waals surface area contributed by atoms with Crippen molar-refractivity contribution in [3.05, 3.63) is 17.0 Å². The average molecular weight is 356 g/mol. The van der Waals surface area contributed by atoms with Gasteiger partial charge in [-0.3, -0.25) is 9.59 Å². The Morgan fingerprint density at radius 2 is 1.83 bits per heavy atom. The lowest BCUT2D eigenvalue weighted by molar-refractivity contribution is -0.146. The molecule has 0 aliphatic carbocycles. The van der Waals surface area contributed by atoms with Crippen molar-refractivity contribution in [2.45, 2.75) is 39.7 Å². The molecule has 1 aromatic rings. The second kappa shape index (κ2) is 10.6. The van der Waals surface area contributed by atoms with Gasteiger partial charge in [-0.1, -0.05) is 0 Å². The summed E-state index contributed by atoms with van der Waals surface area (Å²) in [5.74, 6) is -1.34. The van der Waals surface area contributed by atoms with Crippen LogP contribution >= 0.6 is 11.3 Å². The van der Waals surface area contributed by atoms with Gasteiger partial charge in [0.05, 0.1) is 23.1 Å². The first-order chi connectivity index (χ1) is 11.5. The van der Waals surface area contributed by atoms with E-state index in [0.717, 1.165) is 11.5 Å². The first-order valence-electron chi connectivity index (χ1n) is 7.98. The van der Waals surface area contributed by atoms with E-state index in [0.29, 0.717) is 4.88 Å². The van der Waals surface area contributed by atoms with Crippen molar-refractivity contribution in [2.24, 2.45) is 0 Å². The molecule has 7 nitrogen and oxygen atoms in total. The van der Waals surface area contributed by atoms with E-state index in [2.05, 4.69) is 10.6 Å². The molecule has 0 fully saturated rings. The molecule has 8 heteroatoms. The predicted molar refractivity (Wildman–Crippen MR) is 92.2 cm³/mol. The monoisotopic (exact) mass is 356 g/mol. The maximum absolute atomic E-state index is 12.3. The van der Waals surface area contributed by atoms with Gasteiger partial charge in [0.25, 0.3) is 5.91 Å². The van der Waals surface area contributed by atoms with E-state index in [4.69, 9.17) is 9.47 Å². The largest absolute Gasteiger partial charge is 0.466 e. The molecule has 1 atom stereocenters. The lowest BCUT2D eigenvalue weighted by Gasteiger charge is -2.16. The molecule has 0 spiro atoms. The second-order valence-electron chi connectivity index (χ2n) is 4.82. The van der Waals surface area contributed by atoms with Crippen molar-refractivity contribution in [3.8, 4) is 0 Å². The third-order valence-corrected chi connectivity index (χ3v) is 4.04. The third-order valence-electron chi connectivity index (χ3n) is 3.00.